The average Bonchev–Trinajstić information content (AvgIpc) is 2.56. The lowest BCUT2D eigenvalue weighted by atomic mass is 10.2. The van der Waals surface area contributed by atoms with Crippen molar-refractivity contribution >= 4 is 33.5 Å². The molecule has 1 aromatic carbocycles. The molecule has 0 aliphatic heterocycles. The maximum atomic E-state index is 5.95. The minimum absolute atomic E-state index is 0.0936. The Balaban J connectivity index is 2.55. The smallest absolute Gasteiger partial charge is 0.261 e. The highest BCUT2D eigenvalue weighted by Crippen LogP contribution is 2.29. The Morgan fingerprint density at radius 3 is 2.86 bits per heavy atom. The molecule has 0 unspecified atom stereocenters. The van der Waals surface area contributed by atoms with Crippen molar-refractivity contribution in [2.24, 2.45) is 0 Å². The van der Waals surface area contributed by atoms with Gasteiger partial charge in [-0.05, 0) is 23.4 Å². The maximum Gasteiger partial charge on any atom is 0.261 e. The summed E-state index contributed by atoms with van der Waals surface area (Å²) in [5, 5.41) is 4.02. The summed E-state index contributed by atoms with van der Waals surface area (Å²) in [6, 6.07) is 5.35. The lowest BCUT2D eigenvalue weighted by Gasteiger charge is -1.98. The molecule has 0 aliphatic carbocycles. The second-order valence-corrected chi connectivity index (χ2v) is 3.90. The molecule has 0 fully saturated rings. The zero-order chi connectivity index (χ0) is 10.1. The molecule has 0 bridgehead atoms. The van der Waals surface area contributed by atoms with Crippen molar-refractivity contribution in [1.29, 1.82) is 0 Å². The molecule has 0 radical (unpaired) electrons. The summed E-state index contributed by atoms with van der Waals surface area (Å²) in [5.41, 5.74) is 5.99. The highest BCUT2D eigenvalue weighted by molar-refractivity contribution is 9.10. The predicted molar refractivity (Wildman–Crippen MR) is 56.9 cm³/mol. The third-order valence-corrected chi connectivity index (χ3v) is 2.42. The summed E-state index contributed by atoms with van der Waals surface area (Å²) < 4.78 is 5.78. The van der Waals surface area contributed by atoms with E-state index in [-0.39, 0.29) is 5.95 Å². The van der Waals surface area contributed by atoms with E-state index < -0.39 is 0 Å². The molecule has 0 saturated carbocycles. The molecular formula is C8H5BrClN3O. The summed E-state index contributed by atoms with van der Waals surface area (Å²) in [6.07, 6.45) is 0. The van der Waals surface area contributed by atoms with Crippen molar-refractivity contribution in [3.8, 4) is 11.5 Å². The topological polar surface area (TPSA) is 64.9 Å². The second-order valence-electron chi connectivity index (χ2n) is 2.58. The number of nitrogen functional groups attached to an aromatic ring is 1. The van der Waals surface area contributed by atoms with Gasteiger partial charge in [0, 0.05) is 4.47 Å². The lowest BCUT2D eigenvalue weighted by molar-refractivity contribution is 0.433. The van der Waals surface area contributed by atoms with Crippen LogP contribution in [0.15, 0.2) is 27.2 Å². The molecule has 0 saturated heterocycles. The first-order valence-electron chi connectivity index (χ1n) is 3.71. The van der Waals surface area contributed by atoms with Crippen molar-refractivity contribution in [3.63, 3.8) is 0 Å². The van der Waals surface area contributed by atoms with Crippen molar-refractivity contribution < 1.29 is 4.52 Å². The van der Waals surface area contributed by atoms with Gasteiger partial charge >= 0.3 is 0 Å². The van der Waals surface area contributed by atoms with Gasteiger partial charge in [-0.25, -0.2) is 0 Å². The number of halogens is 2. The van der Waals surface area contributed by atoms with Gasteiger partial charge in [0.2, 0.25) is 0 Å². The van der Waals surface area contributed by atoms with Crippen LogP contribution in [-0.4, -0.2) is 10.1 Å². The van der Waals surface area contributed by atoms with Crippen LogP contribution >= 0.6 is 27.5 Å². The van der Waals surface area contributed by atoms with E-state index in [1.165, 1.54) is 0 Å². The first-order chi connectivity index (χ1) is 6.66. The number of aromatic nitrogens is 2. The van der Waals surface area contributed by atoms with E-state index in [1.54, 1.807) is 12.1 Å². The SMILES string of the molecule is Nc1noc(-c2cc(Br)ccc2Cl)n1. The summed E-state index contributed by atoms with van der Waals surface area (Å²) in [5.74, 6) is 0.407. The molecule has 2 rings (SSSR count). The Bertz CT molecular complexity index is 471. The fraction of sp³-hybridized carbons (Fsp3) is 0. The van der Waals surface area contributed by atoms with Gasteiger partial charge in [-0.1, -0.05) is 27.5 Å². The third kappa shape index (κ3) is 1.73. The van der Waals surface area contributed by atoms with E-state index in [2.05, 4.69) is 26.1 Å². The molecule has 1 aromatic heterocycles. The summed E-state index contributed by atoms with van der Waals surface area (Å²) in [6.45, 7) is 0. The first-order valence-corrected chi connectivity index (χ1v) is 4.88. The zero-order valence-corrected chi connectivity index (χ0v) is 9.21. The van der Waals surface area contributed by atoms with Crippen LogP contribution in [0.2, 0.25) is 5.02 Å². The zero-order valence-electron chi connectivity index (χ0n) is 6.87. The van der Waals surface area contributed by atoms with Gasteiger partial charge in [0.1, 0.15) is 0 Å². The number of hydrogen-bond donors (Lipinski definition) is 1. The van der Waals surface area contributed by atoms with Gasteiger partial charge in [-0.15, -0.1) is 0 Å². The van der Waals surface area contributed by atoms with Gasteiger partial charge in [-0.3, -0.25) is 0 Å². The van der Waals surface area contributed by atoms with Gasteiger partial charge in [0.15, 0.2) is 0 Å². The Morgan fingerprint density at radius 2 is 2.21 bits per heavy atom. The standard InChI is InChI=1S/C8H5BrClN3O/c9-4-1-2-6(10)5(3-4)7-12-8(11)13-14-7/h1-3H,(H2,11,13). The van der Waals surface area contributed by atoms with Crippen molar-refractivity contribution in [3.05, 3.63) is 27.7 Å². The molecule has 72 valence electrons. The van der Waals surface area contributed by atoms with Crippen molar-refractivity contribution in [2.75, 3.05) is 5.73 Å². The van der Waals surface area contributed by atoms with Crippen LogP contribution < -0.4 is 5.73 Å². The number of nitrogens with two attached hydrogens (primary N) is 1. The molecule has 2 aromatic rings. The summed E-state index contributed by atoms with van der Waals surface area (Å²) in [7, 11) is 0. The Hall–Kier alpha value is -1.07. The summed E-state index contributed by atoms with van der Waals surface area (Å²) in [4.78, 5) is 3.88. The van der Waals surface area contributed by atoms with E-state index in [0.29, 0.717) is 16.5 Å². The van der Waals surface area contributed by atoms with Crippen LogP contribution in [0.1, 0.15) is 0 Å². The molecule has 14 heavy (non-hydrogen) atoms. The largest absolute Gasteiger partial charge is 0.365 e. The van der Waals surface area contributed by atoms with E-state index in [9.17, 15) is 0 Å². The Labute approximate surface area is 93.2 Å². The van der Waals surface area contributed by atoms with E-state index in [4.69, 9.17) is 21.9 Å². The number of nitrogens with zero attached hydrogens (tertiary/aromatic N) is 2. The van der Waals surface area contributed by atoms with Gasteiger partial charge in [0.25, 0.3) is 11.8 Å². The Kier molecular flexibility index (Phi) is 2.43. The van der Waals surface area contributed by atoms with Gasteiger partial charge < -0.3 is 10.3 Å². The number of anilines is 1. The maximum absolute atomic E-state index is 5.95. The van der Waals surface area contributed by atoms with E-state index in [0.717, 1.165) is 4.47 Å². The second kappa shape index (κ2) is 3.59. The number of hydrogen-bond acceptors (Lipinski definition) is 4. The first kappa shape index (κ1) is 9.48. The van der Waals surface area contributed by atoms with Crippen LogP contribution in [0.4, 0.5) is 5.95 Å². The normalized spacial score (nSPS) is 10.4. The fourth-order valence-electron chi connectivity index (χ4n) is 1.01. The Morgan fingerprint density at radius 1 is 1.43 bits per heavy atom. The summed E-state index contributed by atoms with van der Waals surface area (Å²) >= 11 is 9.27. The number of rotatable bonds is 1. The molecule has 0 spiro atoms. The highest BCUT2D eigenvalue weighted by atomic mass is 79.9. The van der Waals surface area contributed by atoms with Crippen molar-refractivity contribution in [1.82, 2.24) is 10.1 Å². The van der Waals surface area contributed by atoms with Gasteiger partial charge in [-0.2, -0.15) is 4.98 Å². The third-order valence-electron chi connectivity index (χ3n) is 1.60. The van der Waals surface area contributed by atoms with E-state index in [1.807, 2.05) is 6.07 Å². The quantitative estimate of drug-likeness (QED) is 0.868. The molecular weight excluding hydrogens is 269 g/mol. The minimum Gasteiger partial charge on any atom is -0.365 e. The van der Waals surface area contributed by atoms with Crippen LogP contribution in [0.25, 0.3) is 11.5 Å². The minimum atomic E-state index is 0.0936. The highest BCUT2D eigenvalue weighted by Gasteiger charge is 2.10. The van der Waals surface area contributed by atoms with Crippen molar-refractivity contribution in [2.45, 2.75) is 0 Å². The van der Waals surface area contributed by atoms with Crippen LogP contribution in [0.5, 0.6) is 0 Å². The monoisotopic (exact) mass is 273 g/mol. The lowest BCUT2D eigenvalue weighted by Crippen LogP contribution is -1.86. The van der Waals surface area contributed by atoms with E-state index >= 15 is 0 Å². The number of benzene rings is 1. The molecule has 0 atom stereocenters. The molecule has 1 heterocycles. The molecule has 4 nitrogen and oxygen atoms in total. The average molecular weight is 275 g/mol. The predicted octanol–water partition coefficient (Wildman–Crippen LogP) is 2.73. The fourth-order valence-corrected chi connectivity index (χ4v) is 1.57. The van der Waals surface area contributed by atoms with Gasteiger partial charge in [0.05, 0.1) is 10.6 Å². The van der Waals surface area contributed by atoms with Crippen LogP contribution in [-0.2, 0) is 0 Å². The molecule has 2 N–H and O–H groups in total. The molecule has 6 heteroatoms. The molecule has 0 amide bonds. The van der Waals surface area contributed by atoms with Crippen LogP contribution in [0, 0.1) is 0 Å². The van der Waals surface area contributed by atoms with Crippen LogP contribution in [0.3, 0.4) is 0 Å². The molecule has 0 aliphatic rings.